The van der Waals surface area contributed by atoms with Gasteiger partial charge in [-0.25, -0.2) is 0 Å². The first-order chi connectivity index (χ1) is 8.02. The zero-order valence-corrected chi connectivity index (χ0v) is 10.8. The van der Waals surface area contributed by atoms with Gasteiger partial charge in [0.2, 0.25) is 5.91 Å². The Labute approximate surface area is 110 Å². The molecule has 0 aliphatic rings. The Morgan fingerprint density at radius 2 is 1.94 bits per heavy atom. The number of nitrogens with one attached hydrogen (secondary N) is 2. The van der Waals surface area contributed by atoms with Crippen molar-refractivity contribution in [2.75, 3.05) is 20.1 Å². The van der Waals surface area contributed by atoms with Gasteiger partial charge >= 0.3 is 0 Å². The highest BCUT2D eigenvalue weighted by Gasteiger charge is 2.10. The first-order valence-corrected chi connectivity index (χ1v) is 5.84. The molecule has 0 bridgehead atoms. The van der Waals surface area contributed by atoms with E-state index in [9.17, 15) is 9.90 Å². The van der Waals surface area contributed by atoms with Crippen LogP contribution in [-0.4, -0.2) is 31.2 Å². The maximum atomic E-state index is 11.2. The van der Waals surface area contributed by atoms with Crippen LogP contribution in [0.5, 0.6) is 0 Å². The maximum absolute atomic E-state index is 11.2. The predicted molar refractivity (Wildman–Crippen MR) is 68.4 cm³/mol. The minimum absolute atomic E-state index is 0.122. The van der Waals surface area contributed by atoms with Crippen molar-refractivity contribution in [2.24, 2.45) is 0 Å². The molecule has 17 heavy (non-hydrogen) atoms. The monoisotopic (exact) mass is 276 g/mol. The fourth-order valence-electron chi connectivity index (χ4n) is 1.32. The molecule has 0 heterocycles. The summed E-state index contributed by atoms with van der Waals surface area (Å²) in [5.41, 5.74) is 0.576. The van der Waals surface area contributed by atoms with Crippen molar-refractivity contribution in [2.45, 2.75) is 6.10 Å². The molecule has 0 aromatic heterocycles. The molecule has 0 radical (unpaired) electrons. The lowest BCUT2D eigenvalue weighted by Crippen LogP contribution is -2.34. The molecule has 94 valence electrons. The molecular weight excluding hydrogens is 263 g/mol. The van der Waals surface area contributed by atoms with E-state index in [2.05, 4.69) is 10.6 Å². The Balaban J connectivity index is 2.57. The van der Waals surface area contributed by atoms with Gasteiger partial charge in [0.1, 0.15) is 0 Å². The number of benzene rings is 1. The minimum atomic E-state index is -0.827. The summed E-state index contributed by atoms with van der Waals surface area (Å²) < 4.78 is 0. The number of amides is 1. The first-order valence-electron chi connectivity index (χ1n) is 5.08. The largest absolute Gasteiger partial charge is 0.387 e. The molecule has 0 spiro atoms. The zero-order chi connectivity index (χ0) is 12.8. The summed E-state index contributed by atoms with van der Waals surface area (Å²) in [5.74, 6) is -0.181. The van der Waals surface area contributed by atoms with E-state index >= 15 is 0 Å². The van der Waals surface area contributed by atoms with Gasteiger partial charge in [0, 0.05) is 16.6 Å². The molecule has 0 aliphatic heterocycles. The van der Waals surface area contributed by atoms with E-state index in [1.807, 2.05) is 0 Å². The summed E-state index contributed by atoms with van der Waals surface area (Å²) in [5, 5.41) is 16.0. The fraction of sp³-hybridized carbons (Fsp3) is 0.364. The van der Waals surface area contributed by atoms with E-state index in [-0.39, 0.29) is 19.0 Å². The summed E-state index contributed by atoms with van der Waals surface area (Å²) in [7, 11) is 1.67. The zero-order valence-electron chi connectivity index (χ0n) is 9.34. The normalized spacial score (nSPS) is 12.2. The van der Waals surface area contributed by atoms with Gasteiger partial charge in [-0.3, -0.25) is 4.79 Å². The van der Waals surface area contributed by atoms with Crippen molar-refractivity contribution in [1.82, 2.24) is 10.6 Å². The number of hydrogen-bond acceptors (Lipinski definition) is 3. The van der Waals surface area contributed by atoms with Crippen LogP contribution < -0.4 is 10.6 Å². The number of halogens is 2. The second kappa shape index (κ2) is 6.81. The van der Waals surface area contributed by atoms with E-state index in [0.29, 0.717) is 15.6 Å². The van der Waals surface area contributed by atoms with Crippen molar-refractivity contribution < 1.29 is 9.90 Å². The third-order valence-corrected chi connectivity index (χ3v) is 2.54. The van der Waals surface area contributed by atoms with Crippen LogP contribution in [0.25, 0.3) is 0 Å². The lowest BCUT2D eigenvalue weighted by molar-refractivity contribution is -0.120. The van der Waals surface area contributed by atoms with Gasteiger partial charge in [-0.2, -0.15) is 0 Å². The molecular formula is C11H14Cl2N2O2. The second-order valence-corrected chi connectivity index (χ2v) is 4.43. The lowest BCUT2D eigenvalue weighted by Gasteiger charge is -2.13. The van der Waals surface area contributed by atoms with Crippen molar-refractivity contribution in [3.8, 4) is 0 Å². The average molecular weight is 277 g/mol. The number of aliphatic hydroxyl groups excluding tert-OH is 1. The van der Waals surface area contributed by atoms with Gasteiger partial charge in [0.15, 0.2) is 0 Å². The van der Waals surface area contributed by atoms with Crippen molar-refractivity contribution >= 4 is 29.1 Å². The summed E-state index contributed by atoms with van der Waals surface area (Å²) in [6.07, 6.45) is -0.827. The van der Waals surface area contributed by atoms with E-state index in [0.717, 1.165) is 0 Å². The predicted octanol–water partition coefficient (Wildman–Crippen LogP) is 1.36. The highest BCUT2D eigenvalue weighted by molar-refractivity contribution is 6.34. The number of likely N-dealkylation sites (N-methyl/N-ethyl adjacent to an activating group) is 1. The average Bonchev–Trinajstić information content (AvgIpc) is 2.25. The topological polar surface area (TPSA) is 61.4 Å². The molecule has 3 N–H and O–H groups in total. The smallest absolute Gasteiger partial charge is 0.234 e. The van der Waals surface area contributed by atoms with E-state index < -0.39 is 6.10 Å². The van der Waals surface area contributed by atoms with Crippen LogP contribution in [0.1, 0.15) is 11.7 Å². The summed E-state index contributed by atoms with van der Waals surface area (Å²) in [6.45, 7) is 0.334. The van der Waals surface area contributed by atoms with Crippen LogP contribution in [0.3, 0.4) is 0 Å². The van der Waals surface area contributed by atoms with Crippen LogP contribution in [0, 0.1) is 0 Å². The molecule has 1 unspecified atom stereocenters. The Morgan fingerprint density at radius 3 is 2.47 bits per heavy atom. The number of carbonyl (C=O) groups is 1. The van der Waals surface area contributed by atoms with Crippen molar-refractivity contribution in [3.63, 3.8) is 0 Å². The lowest BCUT2D eigenvalue weighted by atomic mass is 10.1. The SMILES string of the molecule is CNCC(=O)NCC(O)c1cc(Cl)cc(Cl)c1. The third kappa shape index (κ3) is 4.91. The summed E-state index contributed by atoms with van der Waals surface area (Å²) in [4.78, 5) is 11.2. The van der Waals surface area contributed by atoms with Crippen LogP contribution in [0.4, 0.5) is 0 Å². The highest BCUT2D eigenvalue weighted by atomic mass is 35.5. The van der Waals surface area contributed by atoms with Crippen LogP contribution in [0.2, 0.25) is 10.0 Å². The van der Waals surface area contributed by atoms with Gasteiger partial charge in [-0.05, 0) is 30.8 Å². The molecule has 0 saturated carbocycles. The maximum Gasteiger partial charge on any atom is 0.234 e. The van der Waals surface area contributed by atoms with Gasteiger partial charge < -0.3 is 15.7 Å². The molecule has 0 saturated heterocycles. The van der Waals surface area contributed by atoms with Crippen LogP contribution >= 0.6 is 23.2 Å². The standard InChI is InChI=1S/C11H14Cl2N2O2/c1-14-6-11(17)15-5-10(16)7-2-8(12)4-9(13)3-7/h2-4,10,14,16H,5-6H2,1H3,(H,15,17). The van der Waals surface area contributed by atoms with E-state index in [1.165, 1.54) is 0 Å². The summed E-state index contributed by atoms with van der Waals surface area (Å²) >= 11 is 11.6. The molecule has 1 amide bonds. The molecule has 0 fully saturated rings. The Morgan fingerprint density at radius 1 is 1.35 bits per heavy atom. The van der Waals surface area contributed by atoms with Gasteiger partial charge in [-0.1, -0.05) is 23.2 Å². The second-order valence-electron chi connectivity index (χ2n) is 3.55. The molecule has 6 heteroatoms. The number of hydrogen-bond donors (Lipinski definition) is 3. The van der Waals surface area contributed by atoms with E-state index in [1.54, 1.807) is 25.2 Å². The Bertz CT molecular complexity index is 379. The molecule has 1 atom stereocenters. The number of aliphatic hydroxyl groups is 1. The van der Waals surface area contributed by atoms with E-state index in [4.69, 9.17) is 23.2 Å². The summed E-state index contributed by atoms with van der Waals surface area (Å²) in [6, 6.07) is 4.81. The Hall–Kier alpha value is -0.810. The van der Waals surface area contributed by atoms with Crippen molar-refractivity contribution in [3.05, 3.63) is 33.8 Å². The van der Waals surface area contributed by atoms with Crippen LogP contribution in [-0.2, 0) is 4.79 Å². The quantitative estimate of drug-likeness (QED) is 0.761. The highest BCUT2D eigenvalue weighted by Crippen LogP contribution is 2.23. The Kier molecular flexibility index (Phi) is 5.71. The third-order valence-electron chi connectivity index (χ3n) is 2.10. The number of carbonyl (C=O) groups excluding carboxylic acids is 1. The van der Waals surface area contributed by atoms with Gasteiger partial charge in [0.25, 0.3) is 0 Å². The van der Waals surface area contributed by atoms with Crippen molar-refractivity contribution in [1.29, 1.82) is 0 Å². The molecule has 0 aliphatic carbocycles. The van der Waals surface area contributed by atoms with Crippen LogP contribution in [0.15, 0.2) is 18.2 Å². The molecule has 4 nitrogen and oxygen atoms in total. The number of rotatable bonds is 5. The van der Waals surface area contributed by atoms with Gasteiger partial charge in [0.05, 0.1) is 12.6 Å². The molecule has 1 aromatic carbocycles. The minimum Gasteiger partial charge on any atom is -0.387 e. The molecule has 1 aromatic rings. The first kappa shape index (κ1) is 14.3. The molecule has 1 rings (SSSR count). The fourth-order valence-corrected chi connectivity index (χ4v) is 1.86. The van der Waals surface area contributed by atoms with Gasteiger partial charge in [-0.15, -0.1) is 0 Å².